The van der Waals surface area contributed by atoms with Gasteiger partial charge in [0.2, 0.25) is 10.8 Å². The lowest BCUT2D eigenvalue weighted by Gasteiger charge is -2.23. The fourth-order valence-corrected chi connectivity index (χ4v) is 3.66. The van der Waals surface area contributed by atoms with Gasteiger partial charge in [0, 0.05) is 18.4 Å². The van der Waals surface area contributed by atoms with E-state index in [0.717, 1.165) is 19.3 Å². The van der Waals surface area contributed by atoms with E-state index in [2.05, 4.69) is 11.7 Å². The first-order valence-electron chi connectivity index (χ1n) is 9.63. The van der Waals surface area contributed by atoms with Gasteiger partial charge in [0.25, 0.3) is 0 Å². The Morgan fingerprint density at radius 1 is 1.26 bits per heavy atom. The molecule has 2 fully saturated rings. The number of hydrogen-bond donors (Lipinski definition) is 1. The van der Waals surface area contributed by atoms with Crippen LogP contribution in [0.1, 0.15) is 58.3 Å². The Morgan fingerprint density at radius 2 is 2.00 bits per heavy atom. The van der Waals surface area contributed by atoms with Crippen LogP contribution in [0.25, 0.3) is 0 Å². The van der Waals surface area contributed by atoms with Crippen molar-refractivity contribution < 1.29 is 24.2 Å². The highest BCUT2D eigenvalue weighted by molar-refractivity contribution is 6.41. The molecule has 2 rings (SSSR count). The molecular weight excluding hydrogens is 368 g/mol. The van der Waals surface area contributed by atoms with Crippen LogP contribution in [0.15, 0.2) is 36.0 Å². The van der Waals surface area contributed by atoms with E-state index < -0.39 is 16.8 Å². The van der Waals surface area contributed by atoms with Gasteiger partial charge in [-0.2, -0.15) is 0 Å². The Kier molecular flexibility index (Phi) is 7.83. The minimum Gasteiger partial charge on any atom is -0.469 e. The number of hydrogen-bond acceptors (Lipinski definition) is 5. The Hall–Kier alpha value is -1.43. The molecule has 1 saturated carbocycles. The topological polar surface area (TPSA) is 76.1 Å². The van der Waals surface area contributed by atoms with Crippen LogP contribution in [-0.2, 0) is 19.1 Å². The second-order valence-corrected chi connectivity index (χ2v) is 7.61. The molecular formula is C21H29ClO5. The van der Waals surface area contributed by atoms with E-state index in [-0.39, 0.29) is 17.3 Å². The Balaban J connectivity index is 1.95. The van der Waals surface area contributed by atoms with E-state index in [1.165, 1.54) is 13.5 Å². The number of allylic oxidation sites excluding steroid dienone is 4. The summed E-state index contributed by atoms with van der Waals surface area (Å²) in [6.07, 6.45) is 14.8. The predicted molar refractivity (Wildman–Crippen MR) is 104 cm³/mol. The van der Waals surface area contributed by atoms with Crippen molar-refractivity contribution in [2.45, 2.75) is 75.1 Å². The predicted octanol–water partition coefficient (Wildman–Crippen LogP) is 3.99. The van der Waals surface area contributed by atoms with Crippen molar-refractivity contribution in [3.8, 4) is 0 Å². The molecule has 1 N–H and O–H groups in total. The van der Waals surface area contributed by atoms with Crippen molar-refractivity contribution in [2.24, 2.45) is 0 Å². The highest BCUT2D eigenvalue weighted by atomic mass is 35.5. The summed E-state index contributed by atoms with van der Waals surface area (Å²) in [6, 6.07) is 0. The molecule has 0 spiro atoms. The number of carbonyl (C=O) groups excluding carboxylic acids is 2. The van der Waals surface area contributed by atoms with Gasteiger partial charge in [-0.15, -0.1) is 0 Å². The van der Waals surface area contributed by atoms with Crippen molar-refractivity contribution in [3.05, 3.63) is 36.0 Å². The molecule has 0 unspecified atom stereocenters. The number of ether oxygens (including phenoxy) is 2. The third kappa shape index (κ3) is 5.09. The van der Waals surface area contributed by atoms with Gasteiger partial charge in [-0.05, 0) is 25.7 Å². The summed E-state index contributed by atoms with van der Waals surface area (Å²) >= 11 is 6.19. The van der Waals surface area contributed by atoms with Crippen molar-refractivity contribution >= 4 is 23.4 Å². The highest BCUT2D eigenvalue weighted by Gasteiger charge is 2.77. The molecule has 0 aromatic rings. The number of carbonyl (C=O) groups is 2. The van der Waals surface area contributed by atoms with E-state index in [1.54, 1.807) is 12.2 Å². The molecule has 0 amide bonds. The van der Waals surface area contributed by atoms with E-state index in [9.17, 15) is 14.7 Å². The molecule has 27 heavy (non-hydrogen) atoms. The lowest BCUT2D eigenvalue weighted by molar-refractivity contribution is -0.140. The van der Waals surface area contributed by atoms with Gasteiger partial charge in [-0.1, -0.05) is 61.7 Å². The molecule has 6 heteroatoms. The number of methoxy groups -OCH3 is 1. The summed E-state index contributed by atoms with van der Waals surface area (Å²) in [5.41, 5.74) is -1.10. The largest absolute Gasteiger partial charge is 0.469 e. The molecule has 0 aromatic carbocycles. The quantitative estimate of drug-likeness (QED) is 0.143. The molecule has 2 aliphatic rings. The first-order chi connectivity index (χ1) is 12.9. The van der Waals surface area contributed by atoms with Crippen LogP contribution in [0.4, 0.5) is 0 Å². The van der Waals surface area contributed by atoms with Crippen molar-refractivity contribution in [1.82, 2.24) is 0 Å². The number of esters is 1. The smallest absolute Gasteiger partial charge is 0.305 e. The number of aliphatic hydroxyl groups is 1. The number of alkyl halides is 1. The standard InChI is InChI=1S/C21H29ClO5/c1-3-4-5-6-9-12-15-20(25)16(18(24)21(22)19(20)27-21)13-10-7-8-11-14-17(23)26-2/h7,9-10,12-13,19,25H,3-6,8,11,14-15H2,1-2H3/b10-7-,12-9-,16-13?/t19-,20-,21+/m0/s1. The van der Waals surface area contributed by atoms with Gasteiger partial charge in [0.15, 0.2) is 0 Å². The van der Waals surface area contributed by atoms with Gasteiger partial charge >= 0.3 is 5.97 Å². The van der Waals surface area contributed by atoms with Crippen LogP contribution in [0.5, 0.6) is 0 Å². The lowest BCUT2D eigenvalue weighted by Crippen LogP contribution is -2.35. The number of Topliss-reactive ketones (excluding diaryl/α,β-unsaturated/α-hetero) is 1. The third-order valence-corrected chi connectivity index (χ3v) is 5.43. The summed E-state index contributed by atoms with van der Waals surface area (Å²) in [7, 11) is 1.36. The van der Waals surface area contributed by atoms with E-state index in [4.69, 9.17) is 16.3 Å². The first kappa shape index (κ1) is 21.9. The normalized spacial score (nSPS) is 31.2. The average molecular weight is 397 g/mol. The lowest BCUT2D eigenvalue weighted by atomic mass is 9.90. The van der Waals surface area contributed by atoms with Crippen LogP contribution in [0.3, 0.4) is 0 Å². The van der Waals surface area contributed by atoms with Crippen molar-refractivity contribution in [2.75, 3.05) is 7.11 Å². The molecule has 5 nitrogen and oxygen atoms in total. The monoisotopic (exact) mass is 396 g/mol. The van der Waals surface area contributed by atoms with Crippen molar-refractivity contribution in [1.29, 1.82) is 0 Å². The summed E-state index contributed by atoms with van der Waals surface area (Å²) in [5.74, 6) is -0.607. The number of epoxide rings is 1. The zero-order chi connectivity index (χ0) is 19.9. The zero-order valence-corrected chi connectivity index (χ0v) is 16.8. The Labute approximate surface area is 166 Å². The van der Waals surface area contributed by atoms with Gasteiger partial charge < -0.3 is 14.6 Å². The third-order valence-electron chi connectivity index (χ3n) is 4.97. The molecule has 1 aliphatic carbocycles. The van der Waals surface area contributed by atoms with Crippen LogP contribution < -0.4 is 0 Å². The van der Waals surface area contributed by atoms with Gasteiger partial charge in [0.1, 0.15) is 11.7 Å². The van der Waals surface area contributed by atoms with Crippen LogP contribution in [0.2, 0.25) is 0 Å². The highest BCUT2D eigenvalue weighted by Crippen LogP contribution is 2.59. The van der Waals surface area contributed by atoms with E-state index in [1.807, 2.05) is 18.2 Å². The number of ketones is 1. The summed E-state index contributed by atoms with van der Waals surface area (Å²) in [5, 5.41) is 9.65. The Bertz CT molecular complexity index is 638. The van der Waals surface area contributed by atoms with Crippen LogP contribution in [-0.4, -0.2) is 40.7 Å². The summed E-state index contributed by atoms with van der Waals surface area (Å²) in [6.45, 7) is 2.15. The van der Waals surface area contributed by atoms with Gasteiger partial charge in [0.05, 0.1) is 7.11 Å². The molecule has 1 heterocycles. The van der Waals surface area contributed by atoms with E-state index in [0.29, 0.717) is 25.7 Å². The molecule has 150 valence electrons. The fourth-order valence-electron chi connectivity index (χ4n) is 3.29. The molecule has 1 aliphatic heterocycles. The fraction of sp³-hybridized carbons (Fsp3) is 0.619. The minimum absolute atomic E-state index is 0.242. The second-order valence-electron chi connectivity index (χ2n) is 7.04. The zero-order valence-electron chi connectivity index (χ0n) is 16.1. The molecule has 0 bridgehead atoms. The minimum atomic E-state index is -1.41. The summed E-state index contributed by atoms with van der Waals surface area (Å²) < 4.78 is 9.88. The summed E-state index contributed by atoms with van der Waals surface area (Å²) in [4.78, 5) is 23.6. The maximum atomic E-state index is 12.5. The molecule has 0 radical (unpaired) electrons. The maximum absolute atomic E-state index is 12.5. The van der Waals surface area contributed by atoms with Gasteiger partial charge in [-0.3, -0.25) is 9.59 Å². The molecule has 0 aromatic heterocycles. The molecule has 3 atom stereocenters. The maximum Gasteiger partial charge on any atom is 0.305 e. The van der Waals surface area contributed by atoms with Crippen LogP contribution >= 0.6 is 11.6 Å². The number of rotatable bonds is 11. The Morgan fingerprint density at radius 3 is 2.70 bits per heavy atom. The van der Waals surface area contributed by atoms with Crippen molar-refractivity contribution in [3.63, 3.8) is 0 Å². The average Bonchev–Trinajstić information content (AvgIpc) is 3.33. The number of fused-ring (bicyclic) bond motifs is 1. The molecule has 1 saturated heterocycles. The van der Waals surface area contributed by atoms with Crippen LogP contribution in [0, 0.1) is 0 Å². The number of unbranched alkanes of at least 4 members (excludes halogenated alkanes) is 4. The number of halogens is 1. The second kappa shape index (κ2) is 9.67. The van der Waals surface area contributed by atoms with E-state index >= 15 is 0 Å². The SMILES string of the molecule is CCCCC/C=C\C[C@]1(O)C(=C/C=C\CCCC(=O)OC)C(=O)[C@@]2(Cl)O[C@@H]12. The van der Waals surface area contributed by atoms with Gasteiger partial charge in [-0.25, -0.2) is 0 Å². The first-order valence-corrected chi connectivity index (χ1v) is 10.0.